The fourth-order valence-electron chi connectivity index (χ4n) is 6.52. The highest BCUT2D eigenvalue weighted by atomic mass is 31.2. The lowest BCUT2D eigenvalue weighted by Crippen LogP contribution is -2.29. The summed E-state index contributed by atoms with van der Waals surface area (Å²) in [5.41, 5.74) is 0. The zero-order valence-electron chi connectivity index (χ0n) is 36.9. The van der Waals surface area contributed by atoms with Gasteiger partial charge in [0, 0.05) is 12.8 Å². The van der Waals surface area contributed by atoms with E-state index in [1.807, 2.05) is 6.08 Å². The van der Waals surface area contributed by atoms with Crippen molar-refractivity contribution in [3.8, 4) is 0 Å². The Labute approximate surface area is 352 Å². The largest absolute Gasteiger partial charge is 0.472 e. The Balaban J connectivity index is 4.34. The van der Waals surface area contributed by atoms with Crippen LogP contribution in [-0.4, -0.2) is 88.1 Å². The molecule has 5 N–H and O–H groups in total. The van der Waals surface area contributed by atoms with Crippen LogP contribution in [0.5, 0.6) is 0 Å². The third-order valence-corrected chi connectivity index (χ3v) is 11.6. The van der Waals surface area contributed by atoms with Gasteiger partial charge in [-0.05, 0) is 44.4 Å². The zero-order valence-corrected chi connectivity index (χ0v) is 37.8. The van der Waals surface area contributed by atoms with E-state index in [1.165, 1.54) is 89.9 Å². The van der Waals surface area contributed by atoms with E-state index >= 15 is 0 Å². The molecule has 13 heteroatoms. The topological polar surface area (TPSA) is 189 Å². The molecule has 0 aliphatic carbocycles. The minimum Gasteiger partial charge on any atom is -0.462 e. The summed E-state index contributed by atoms with van der Waals surface area (Å²) >= 11 is 0. The molecule has 0 saturated carbocycles. The highest BCUT2D eigenvalue weighted by molar-refractivity contribution is 7.47. The molecule has 6 atom stereocenters. The molecule has 0 rings (SSSR count). The van der Waals surface area contributed by atoms with Crippen molar-refractivity contribution in [3.05, 3.63) is 12.2 Å². The smallest absolute Gasteiger partial charge is 0.462 e. The summed E-state index contributed by atoms with van der Waals surface area (Å²) in [6.07, 6.45) is 29.0. The summed E-state index contributed by atoms with van der Waals surface area (Å²) in [5, 5.41) is 38.8. The number of ether oxygens (including phenoxy) is 2. The van der Waals surface area contributed by atoms with Crippen LogP contribution >= 0.6 is 7.82 Å². The minimum atomic E-state index is -4.66. The molecule has 0 aromatic carbocycles. The first-order chi connectivity index (χ1) is 27.9. The molecule has 12 nitrogen and oxygen atoms in total. The maximum absolute atomic E-state index is 12.6. The van der Waals surface area contributed by atoms with Crippen molar-refractivity contribution in [3.63, 3.8) is 0 Å². The zero-order chi connectivity index (χ0) is 43.1. The monoisotopic (exact) mass is 851 g/mol. The molecule has 0 aromatic rings. The number of aliphatic hydroxyl groups excluding tert-OH is 4. The number of unbranched alkanes of at least 4 members (excludes halogenated alkanes) is 20. The molecule has 0 heterocycles. The van der Waals surface area contributed by atoms with Crippen molar-refractivity contribution in [1.29, 1.82) is 0 Å². The molecule has 0 aliphatic heterocycles. The first-order valence-corrected chi connectivity index (χ1v) is 24.7. The minimum absolute atomic E-state index is 0.0884. The number of esters is 2. The Morgan fingerprint density at radius 2 is 1.10 bits per heavy atom. The van der Waals surface area contributed by atoms with Crippen molar-refractivity contribution < 1.29 is 58.0 Å². The van der Waals surface area contributed by atoms with Gasteiger partial charge in [0.2, 0.25) is 0 Å². The van der Waals surface area contributed by atoms with E-state index in [4.69, 9.17) is 19.1 Å². The average Bonchev–Trinajstić information content (AvgIpc) is 3.21. The van der Waals surface area contributed by atoms with Crippen molar-refractivity contribution in [1.82, 2.24) is 0 Å². The first-order valence-electron chi connectivity index (χ1n) is 23.2. The highest BCUT2D eigenvalue weighted by Crippen LogP contribution is 2.43. The Hall–Kier alpha value is -1.37. The lowest BCUT2D eigenvalue weighted by molar-refractivity contribution is -0.161. The number of hydrogen-bond donors (Lipinski definition) is 5. The number of carbonyl (C=O) groups excluding carboxylic acids is 2. The standard InChI is InChI=1S/C45H87O12P/c1-4-6-7-8-21-26-31-42(48)43(49)32-27-22-19-24-29-34-45(51)57-41(38-56-58(52,53)55-36-40(47)35-46)37-54-44(50)33-28-23-18-16-14-12-10-9-11-13-15-17-20-25-30-39(3)5-2/h21,26,39-43,46-49H,4-20,22-25,27-38H2,1-3H3,(H,52,53)/b26-21-/t39?,40-,41+,42-,43-/m0/s1. The lowest BCUT2D eigenvalue weighted by Gasteiger charge is -2.20. The molecule has 344 valence electrons. The third-order valence-electron chi connectivity index (χ3n) is 10.7. The van der Waals surface area contributed by atoms with Crippen LogP contribution in [0.3, 0.4) is 0 Å². The van der Waals surface area contributed by atoms with Crippen LogP contribution < -0.4 is 0 Å². The van der Waals surface area contributed by atoms with E-state index in [0.29, 0.717) is 25.7 Å². The summed E-state index contributed by atoms with van der Waals surface area (Å²) in [5.74, 6) is -0.160. The van der Waals surface area contributed by atoms with Gasteiger partial charge in [-0.3, -0.25) is 18.6 Å². The van der Waals surface area contributed by atoms with Crippen LogP contribution in [0.25, 0.3) is 0 Å². The fourth-order valence-corrected chi connectivity index (χ4v) is 7.31. The van der Waals surface area contributed by atoms with Crippen molar-refractivity contribution in [2.45, 2.75) is 231 Å². The molecule has 0 aromatic heterocycles. The summed E-state index contributed by atoms with van der Waals surface area (Å²) in [7, 11) is -4.66. The van der Waals surface area contributed by atoms with Crippen LogP contribution in [0, 0.1) is 5.92 Å². The Kier molecular flexibility index (Phi) is 38.8. The predicted molar refractivity (Wildman–Crippen MR) is 231 cm³/mol. The van der Waals surface area contributed by atoms with E-state index in [1.54, 1.807) is 0 Å². The van der Waals surface area contributed by atoms with Crippen LogP contribution in [0.1, 0.15) is 207 Å². The van der Waals surface area contributed by atoms with Gasteiger partial charge in [0.1, 0.15) is 12.7 Å². The molecule has 58 heavy (non-hydrogen) atoms. The average molecular weight is 851 g/mol. The number of hydrogen-bond acceptors (Lipinski definition) is 11. The number of carbonyl (C=O) groups is 2. The second kappa shape index (κ2) is 39.7. The highest BCUT2D eigenvalue weighted by Gasteiger charge is 2.27. The molecule has 2 unspecified atom stereocenters. The second-order valence-corrected chi connectivity index (χ2v) is 17.8. The molecule has 0 fully saturated rings. The van der Waals surface area contributed by atoms with Gasteiger partial charge in [0.05, 0.1) is 32.0 Å². The SMILES string of the molecule is CCCCC/C=C\C[C@H](O)[C@@H](O)CCCCCCCC(=O)O[C@H](COC(=O)CCCCCCCCCCCCCCCCC(C)CC)COP(=O)(O)OC[C@@H](O)CO. The van der Waals surface area contributed by atoms with E-state index in [-0.39, 0.29) is 19.4 Å². The summed E-state index contributed by atoms with van der Waals surface area (Å²) < 4.78 is 32.7. The van der Waals surface area contributed by atoms with Gasteiger partial charge in [0.25, 0.3) is 0 Å². The number of allylic oxidation sites excluding steroid dienone is 1. The molecule has 0 amide bonds. The molecule has 0 bridgehead atoms. The van der Waals surface area contributed by atoms with Crippen LogP contribution in [0.2, 0.25) is 0 Å². The van der Waals surface area contributed by atoms with Crippen LogP contribution in [0.15, 0.2) is 12.2 Å². The summed E-state index contributed by atoms with van der Waals surface area (Å²) in [6, 6.07) is 0. The molecule has 0 saturated heterocycles. The van der Waals surface area contributed by atoms with Gasteiger partial charge in [0.15, 0.2) is 6.10 Å². The molecular weight excluding hydrogens is 763 g/mol. The Morgan fingerprint density at radius 3 is 1.64 bits per heavy atom. The van der Waals surface area contributed by atoms with E-state index in [0.717, 1.165) is 63.7 Å². The molecule has 0 radical (unpaired) electrons. The van der Waals surface area contributed by atoms with Crippen molar-refractivity contribution >= 4 is 19.8 Å². The predicted octanol–water partition coefficient (Wildman–Crippen LogP) is 10.2. The molecule has 0 aliphatic rings. The van der Waals surface area contributed by atoms with Gasteiger partial charge in [-0.25, -0.2) is 4.57 Å². The number of phosphoric ester groups is 1. The van der Waals surface area contributed by atoms with E-state index in [9.17, 15) is 34.4 Å². The van der Waals surface area contributed by atoms with Crippen LogP contribution in [-0.2, 0) is 32.7 Å². The van der Waals surface area contributed by atoms with E-state index < -0.39 is 64.0 Å². The Bertz CT molecular complexity index is 1030. The first kappa shape index (κ1) is 56.6. The Morgan fingerprint density at radius 1 is 0.603 bits per heavy atom. The number of rotatable bonds is 43. The normalized spacial score (nSPS) is 15.5. The second-order valence-electron chi connectivity index (χ2n) is 16.3. The third kappa shape index (κ3) is 37.6. The van der Waals surface area contributed by atoms with Gasteiger partial charge in [-0.1, -0.05) is 168 Å². The summed E-state index contributed by atoms with van der Waals surface area (Å²) in [6.45, 7) is 4.53. The maximum atomic E-state index is 12.6. The maximum Gasteiger partial charge on any atom is 0.472 e. The lowest BCUT2D eigenvalue weighted by atomic mass is 9.99. The van der Waals surface area contributed by atoms with Gasteiger partial charge >= 0.3 is 19.8 Å². The summed E-state index contributed by atoms with van der Waals surface area (Å²) in [4.78, 5) is 35.1. The van der Waals surface area contributed by atoms with Crippen molar-refractivity contribution in [2.75, 3.05) is 26.4 Å². The van der Waals surface area contributed by atoms with Gasteiger partial charge < -0.3 is 34.8 Å². The van der Waals surface area contributed by atoms with Crippen LogP contribution in [0.4, 0.5) is 0 Å². The quantitative estimate of drug-likeness (QED) is 0.0169. The van der Waals surface area contributed by atoms with Gasteiger partial charge in [-0.15, -0.1) is 0 Å². The van der Waals surface area contributed by atoms with Gasteiger partial charge in [-0.2, -0.15) is 0 Å². The van der Waals surface area contributed by atoms with E-state index in [2.05, 4.69) is 31.4 Å². The number of aliphatic hydroxyl groups is 4. The number of phosphoric acid groups is 1. The molecular formula is C45H87O12P. The fraction of sp³-hybridized carbons (Fsp3) is 0.911. The molecule has 0 spiro atoms. The van der Waals surface area contributed by atoms with Crippen molar-refractivity contribution in [2.24, 2.45) is 5.92 Å².